The smallest absolute Gasteiger partial charge is 0.550 e. The molecule has 0 rings (SSSR count). The van der Waals surface area contributed by atoms with Crippen LogP contribution in [0.4, 0.5) is 0 Å². The number of carbonyl (C=O) groups is 3. The van der Waals surface area contributed by atoms with Gasteiger partial charge < -0.3 is 24.9 Å². The fraction of sp³-hybridized carbons (Fsp3) is 0.750. The summed E-state index contributed by atoms with van der Waals surface area (Å²) >= 11 is 0. The summed E-state index contributed by atoms with van der Waals surface area (Å²) in [7, 11) is 0. The topological polar surface area (TPSA) is 118 Å². The van der Waals surface area contributed by atoms with Gasteiger partial charge in [0.15, 0.2) is 0 Å². The van der Waals surface area contributed by atoms with Gasteiger partial charge >= 0.3 is 26.4 Å². The Morgan fingerprint density at radius 3 is 1.05 bits per heavy atom. The summed E-state index contributed by atoms with van der Waals surface area (Å²) in [5.74, 6) is -2.63. The molecule has 0 spiro atoms. The van der Waals surface area contributed by atoms with Crippen LogP contribution < -0.4 is 10.2 Å². The first-order chi connectivity index (χ1) is 8.31. The van der Waals surface area contributed by atoms with Gasteiger partial charge in [0.1, 0.15) is 0 Å². The minimum absolute atomic E-state index is 0. The van der Waals surface area contributed by atoms with Gasteiger partial charge in [-0.05, 0) is 19.3 Å². The SMILES string of the molecule is CCCC(=O)O.CCCC(=O)[O-].CCCC(=O)[O-].[Pd+2]. The van der Waals surface area contributed by atoms with Crippen molar-refractivity contribution in [3.63, 3.8) is 0 Å². The third-order valence-electron chi connectivity index (χ3n) is 1.37. The van der Waals surface area contributed by atoms with E-state index in [4.69, 9.17) is 5.11 Å². The van der Waals surface area contributed by atoms with E-state index in [0.717, 1.165) is 6.42 Å². The molecule has 0 aliphatic carbocycles. The molecule has 0 aromatic rings. The van der Waals surface area contributed by atoms with Crippen LogP contribution in [0.25, 0.3) is 0 Å². The van der Waals surface area contributed by atoms with E-state index < -0.39 is 17.9 Å². The van der Waals surface area contributed by atoms with Gasteiger partial charge in [0.05, 0.1) is 0 Å². The maximum Gasteiger partial charge on any atom is 2.00 e. The second-order valence-corrected chi connectivity index (χ2v) is 3.39. The predicted molar refractivity (Wildman–Crippen MR) is 62.4 cm³/mol. The molecule has 0 aromatic carbocycles. The van der Waals surface area contributed by atoms with E-state index in [1.807, 2.05) is 6.92 Å². The summed E-state index contributed by atoms with van der Waals surface area (Å²) in [4.78, 5) is 28.6. The van der Waals surface area contributed by atoms with Gasteiger partial charge in [-0.15, -0.1) is 0 Å². The van der Waals surface area contributed by atoms with E-state index in [1.165, 1.54) is 0 Å². The molecule has 6 nitrogen and oxygen atoms in total. The van der Waals surface area contributed by atoms with Crippen molar-refractivity contribution >= 4 is 17.9 Å². The van der Waals surface area contributed by atoms with Crippen LogP contribution in [0.2, 0.25) is 0 Å². The van der Waals surface area contributed by atoms with Crippen LogP contribution in [0.15, 0.2) is 0 Å². The molecule has 0 amide bonds. The zero-order chi connectivity index (χ0) is 15.0. The summed E-state index contributed by atoms with van der Waals surface area (Å²) in [5, 5.41) is 26.9. The number of carboxylic acid groups (broad SMARTS) is 3. The zero-order valence-electron chi connectivity index (χ0n) is 11.5. The molecule has 0 aliphatic heterocycles. The molecule has 1 N–H and O–H groups in total. The molecule has 116 valence electrons. The Balaban J connectivity index is -0.0000000865. The first-order valence-electron chi connectivity index (χ1n) is 5.93. The fourth-order valence-corrected chi connectivity index (χ4v) is 0.622. The Morgan fingerprint density at radius 1 is 0.789 bits per heavy atom. The number of aliphatic carboxylic acids is 3. The van der Waals surface area contributed by atoms with E-state index in [1.54, 1.807) is 13.8 Å². The molecule has 7 heteroatoms. The van der Waals surface area contributed by atoms with E-state index in [9.17, 15) is 24.6 Å². The molecule has 0 aromatic heterocycles. The van der Waals surface area contributed by atoms with Gasteiger partial charge in [-0.25, -0.2) is 0 Å². The predicted octanol–water partition coefficient (Wildman–Crippen LogP) is -0.0586. The van der Waals surface area contributed by atoms with Gasteiger partial charge in [0.2, 0.25) is 0 Å². The molecule has 0 saturated heterocycles. The molecule has 0 aliphatic rings. The number of rotatable bonds is 6. The Morgan fingerprint density at radius 2 is 1.05 bits per heavy atom. The van der Waals surface area contributed by atoms with Crippen molar-refractivity contribution in [2.45, 2.75) is 59.3 Å². The number of hydrogen-bond acceptors (Lipinski definition) is 5. The monoisotopic (exact) mass is 368 g/mol. The fourth-order valence-electron chi connectivity index (χ4n) is 0.622. The normalized spacial score (nSPS) is 7.74. The second-order valence-electron chi connectivity index (χ2n) is 3.39. The van der Waals surface area contributed by atoms with Crippen LogP contribution in [-0.2, 0) is 34.8 Å². The van der Waals surface area contributed by atoms with E-state index in [0.29, 0.717) is 19.3 Å². The number of carbonyl (C=O) groups excluding carboxylic acids is 2. The third-order valence-corrected chi connectivity index (χ3v) is 1.37. The minimum atomic E-state index is -0.961. The van der Waals surface area contributed by atoms with Crippen LogP contribution in [0.1, 0.15) is 59.3 Å². The molecule has 0 saturated carbocycles. The zero-order valence-corrected chi connectivity index (χ0v) is 13.1. The number of carboxylic acids is 3. The van der Waals surface area contributed by atoms with Crippen molar-refractivity contribution in [2.24, 2.45) is 0 Å². The second kappa shape index (κ2) is 22.3. The van der Waals surface area contributed by atoms with Crippen molar-refractivity contribution in [1.29, 1.82) is 0 Å². The molecular formula is C12H22O6Pd. The largest absolute Gasteiger partial charge is 2.00 e. The average molecular weight is 369 g/mol. The third kappa shape index (κ3) is 59.5. The summed E-state index contributed by atoms with van der Waals surface area (Å²) in [6, 6.07) is 0. The van der Waals surface area contributed by atoms with E-state index in [-0.39, 0.29) is 33.3 Å². The Labute approximate surface area is 127 Å². The molecule has 0 bridgehead atoms. The van der Waals surface area contributed by atoms with Crippen molar-refractivity contribution < 1.29 is 50.1 Å². The molecule has 0 atom stereocenters. The van der Waals surface area contributed by atoms with Crippen LogP contribution in [-0.4, -0.2) is 23.0 Å². The molecule has 0 heterocycles. The molecule has 19 heavy (non-hydrogen) atoms. The van der Waals surface area contributed by atoms with E-state index >= 15 is 0 Å². The van der Waals surface area contributed by atoms with Crippen LogP contribution >= 0.6 is 0 Å². The van der Waals surface area contributed by atoms with Gasteiger partial charge in [0, 0.05) is 18.4 Å². The van der Waals surface area contributed by atoms with Crippen LogP contribution in [0, 0.1) is 0 Å². The van der Waals surface area contributed by atoms with Gasteiger partial charge in [-0.3, -0.25) is 4.79 Å². The minimum Gasteiger partial charge on any atom is -0.550 e. The summed E-state index contributed by atoms with van der Waals surface area (Å²) in [6.45, 7) is 5.44. The van der Waals surface area contributed by atoms with Crippen LogP contribution in [0.5, 0.6) is 0 Å². The van der Waals surface area contributed by atoms with Crippen molar-refractivity contribution in [1.82, 2.24) is 0 Å². The first-order valence-corrected chi connectivity index (χ1v) is 5.93. The van der Waals surface area contributed by atoms with Crippen molar-refractivity contribution in [3.05, 3.63) is 0 Å². The van der Waals surface area contributed by atoms with Crippen molar-refractivity contribution in [2.75, 3.05) is 0 Å². The van der Waals surface area contributed by atoms with Gasteiger partial charge in [-0.1, -0.05) is 33.6 Å². The maximum absolute atomic E-state index is 9.60. The summed E-state index contributed by atoms with van der Waals surface area (Å²) in [6.07, 6.45) is 2.72. The van der Waals surface area contributed by atoms with Crippen LogP contribution in [0.3, 0.4) is 0 Å². The first kappa shape index (κ1) is 26.6. The summed E-state index contributed by atoms with van der Waals surface area (Å²) in [5.41, 5.74) is 0. The van der Waals surface area contributed by atoms with E-state index in [2.05, 4.69) is 0 Å². The molecule has 0 unspecified atom stereocenters. The number of hydrogen-bond donors (Lipinski definition) is 1. The maximum atomic E-state index is 9.60. The quantitative estimate of drug-likeness (QED) is 0.656. The average Bonchev–Trinajstić information content (AvgIpc) is 2.18. The Hall–Kier alpha value is -0.928. The Kier molecular flexibility index (Phi) is 31.2. The molecular weight excluding hydrogens is 347 g/mol. The van der Waals surface area contributed by atoms with Gasteiger partial charge in [-0.2, -0.15) is 0 Å². The molecule has 0 radical (unpaired) electrons. The summed E-state index contributed by atoms with van der Waals surface area (Å²) < 4.78 is 0. The van der Waals surface area contributed by atoms with Gasteiger partial charge in [0.25, 0.3) is 0 Å². The van der Waals surface area contributed by atoms with Crippen molar-refractivity contribution in [3.8, 4) is 0 Å². The Bertz CT molecular complexity index is 192. The molecule has 0 fully saturated rings. The standard InChI is InChI=1S/3C4H8O2.Pd/c3*1-2-3-4(5)6;/h3*2-3H2,1H3,(H,5,6);/q;;;+2/p-2.